The number of rotatable bonds is 7. The quantitative estimate of drug-likeness (QED) is 0.367. The molecule has 9 heteroatoms. The summed E-state index contributed by atoms with van der Waals surface area (Å²) in [6.45, 7) is 6.19. The van der Waals surface area contributed by atoms with Gasteiger partial charge >= 0.3 is 0 Å². The second-order valence-electron chi connectivity index (χ2n) is 5.33. The van der Waals surface area contributed by atoms with Crippen LogP contribution in [-0.2, 0) is 19.5 Å². The first-order chi connectivity index (χ1) is 12.2. The highest BCUT2D eigenvalue weighted by Gasteiger charge is 2.05. The van der Waals surface area contributed by atoms with Crippen LogP contribution in [0.2, 0.25) is 0 Å². The van der Waals surface area contributed by atoms with Crippen LogP contribution in [0.3, 0.4) is 0 Å². The van der Waals surface area contributed by atoms with E-state index in [1.807, 2.05) is 24.5 Å². The summed E-state index contributed by atoms with van der Waals surface area (Å²) in [5.41, 5.74) is 0.813. The van der Waals surface area contributed by atoms with Gasteiger partial charge in [-0.3, -0.25) is 0 Å². The van der Waals surface area contributed by atoms with Gasteiger partial charge in [0.15, 0.2) is 5.96 Å². The highest BCUT2D eigenvalue weighted by molar-refractivity contribution is 14.0. The number of benzene rings is 1. The average molecular weight is 471 g/mol. The van der Waals surface area contributed by atoms with Crippen molar-refractivity contribution in [2.75, 3.05) is 13.1 Å². The predicted molar refractivity (Wildman–Crippen MR) is 109 cm³/mol. The third kappa shape index (κ3) is 6.25. The minimum atomic E-state index is -0.365. The molecule has 140 valence electrons. The number of aromatic nitrogens is 3. The maximum absolute atomic E-state index is 13.8. The molecule has 0 aliphatic carbocycles. The average Bonchev–Trinajstić information content (AvgIpc) is 3.08. The zero-order valence-corrected chi connectivity index (χ0v) is 17.2. The van der Waals surface area contributed by atoms with E-state index >= 15 is 0 Å². The molecule has 7 nitrogen and oxygen atoms in total. The van der Waals surface area contributed by atoms with Crippen LogP contribution in [0.5, 0.6) is 0 Å². The maximum Gasteiger partial charge on any atom is 0.191 e. The Bertz CT molecular complexity index is 767. The van der Waals surface area contributed by atoms with Gasteiger partial charge in [0.05, 0.1) is 18.2 Å². The van der Waals surface area contributed by atoms with Crippen LogP contribution < -0.4 is 10.6 Å². The lowest BCUT2D eigenvalue weighted by Crippen LogP contribution is -2.39. The minimum absolute atomic E-state index is 0. The van der Waals surface area contributed by atoms with Crippen LogP contribution in [0.25, 0.3) is 0 Å². The Hall–Kier alpha value is -2.22. The lowest BCUT2D eigenvalue weighted by Gasteiger charge is -2.12. The van der Waals surface area contributed by atoms with E-state index in [0.29, 0.717) is 36.7 Å². The standard InChI is InChI=1S/C17H22FN7.HI/c1-3-16-24-23-12-25(16)8-7-21-17(20-4-2)22-11-14-9-13(10-19)5-6-15(14)18;/h5-6,9,12H,3-4,7-8,11H2,1-2H3,(H2,20,21,22);1H. The molecule has 0 bridgehead atoms. The van der Waals surface area contributed by atoms with Gasteiger partial charge in [0.1, 0.15) is 18.0 Å². The number of nitriles is 1. The molecule has 0 atom stereocenters. The molecule has 0 saturated heterocycles. The maximum atomic E-state index is 13.8. The summed E-state index contributed by atoms with van der Waals surface area (Å²) in [6, 6.07) is 6.28. The van der Waals surface area contributed by atoms with Crippen molar-refractivity contribution < 1.29 is 4.39 Å². The molecule has 0 amide bonds. The highest BCUT2D eigenvalue weighted by Crippen LogP contribution is 2.11. The molecule has 2 rings (SSSR count). The van der Waals surface area contributed by atoms with Crippen molar-refractivity contribution in [2.24, 2.45) is 4.99 Å². The van der Waals surface area contributed by atoms with Gasteiger partial charge in [-0.25, -0.2) is 9.38 Å². The Morgan fingerprint density at radius 2 is 2.15 bits per heavy atom. The van der Waals surface area contributed by atoms with Gasteiger partial charge in [0.25, 0.3) is 0 Å². The van der Waals surface area contributed by atoms with E-state index in [2.05, 4.69) is 25.8 Å². The van der Waals surface area contributed by atoms with Crippen LogP contribution in [0, 0.1) is 17.1 Å². The van der Waals surface area contributed by atoms with E-state index < -0.39 is 0 Å². The summed E-state index contributed by atoms with van der Waals surface area (Å²) in [7, 11) is 0. The number of aryl methyl sites for hydroxylation is 1. The lowest BCUT2D eigenvalue weighted by atomic mass is 10.1. The van der Waals surface area contributed by atoms with Crippen molar-refractivity contribution in [3.63, 3.8) is 0 Å². The van der Waals surface area contributed by atoms with Crippen molar-refractivity contribution in [1.29, 1.82) is 5.26 Å². The lowest BCUT2D eigenvalue weighted by molar-refractivity contribution is 0.608. The molecule has 0 spiro atoms. The number of guanidine groups is 1. The summed E-state index contributed by atoms with van der Waals surface area (Å²) in [5.74, 6) is 1.16. The SMILES string of the molecule is CCNC(=NCc1cc(C#N)ccc1F)NCCn1cnnc1CC.I. The molecule has 1 heterocycles. The van der Waals surface area contributed by atoms with Crippen LogP contribution in [0.4, 0.5) is 4.39 Å². The summed E-state index contributed by atoms with van der Waals surface area (Å²) in [5, 5.41) is 23.2. The fourth-order valence-electron chi connectivity index (χ4n) is 2.31. The molecule has 2 aromatic rings. The largest absolute Gasteiger partial charge is 0.357 e. The van der Waals surface area contributed by atoms with Crippen LogP contribution >= 0.6 is 24.0 Å². The minimum Gasteiger partial charge on any atom is -0.357 e. The molecule has 2 N–H and O–H groups in total. The number of nitrogens with one attached hydrogen (secondary N) is 2. The van der Waals surface area contributed by atoms with Gasteiger partial charge in [-0.1, -0.05) is 6.92 Å². The zero-order chi connectivity index (χ0) is 18.1. The van der Waals surface area contributed by atoms with Crippen molar-refractivity contribution in [3.05, 3.63) is 47.3 Å². The second kappa shape index (κ2) is 11.4. The number of hydrogen-bond acceptors (Lipinski definition) is 4. The van der Waals surface area contributed by atoms with Gasteiger partial charge in [-0.2, -0.15) is 5.26 Å². The summed E-state index contributed by atoms with van der Waals surface area (Å²) >= 11 is 0. The van der Waals surface area contributed by atoms with E-state index in [0.717, 1.165) is 12.2 Å². The van der Waals surface area contributed by atoms with Crippen LogP contribution in [0.1, 0.15) is 30.8 Å². The van der Waals surface area contributed by atoms with E-state index in [1.165, 1.54) is 18.2 Å². The number of hydrogen-bond donors (Lipinski definition) is 2. The molecule has 0 unspecified atom stereocenters. The zero-order valence-electron chi connectivity index (χ0n) is 14.9. The van der Waals surface area contributed by atoms with E-state index in [1.54, 1.807) is 6.33 Å². The van der Waals surface area contributed by atoms with Gasteiger partial charge in [0, 0.05) is 31.6 Å². The number of nitrogens with zero attached hydrogens (tertiary/aromatic N) is 5. The Balaban J connectivity index is 0.00000338. The Kier molecular flexibility index (Phi) is 9.57. The molecular formula is C17H23FIN7. The fraction of sp³-hybridized carbons (Fsp3) is 0.412. The molecule has 0 radical (unpaired) electrons. The molecule has 1 aromatic carbocycles. The predicted octanol–water partition coefficient (Wildman–Crippen LogP) is 2.22. The van der Waals surface area contributed by atoms with Crippen molar-refractivity contribution in [1.82, 2.24) is 25.4 Å². The second-order valence-corrected chi connectivity index (χ2v) is 5.33. The van der Waals surface area contributed by atoms with Crippen molar-refractivity contribution in [3.8, 4) is 6.07 Å². The first-order valence-electron chi connectivity index (χ1n) is 8.25. The van der Waals surface area contributed by atoms with Crippen LogP contribution in [-0.4, -0.2) is 33.8 Å². The van der Waals surface area contributed by atoms with Crippen molar-refractivity contribution in [2.45, 2.75) is 33.4 Å². The summed E-state index contributed by atoms with van der Waals surface area (Å²) in [6.07, 6.45) is 2.52. The normalized spacial score (nSPS) is 10.8. The summed E-state index contributed by atoms with van der Waals surface area (Å²) < 4.78 is 15.8. The summed E-state index contributed by atoms with van der Waals surface area (Å²) in [4.78, 5) is 4.39. The topological polar surface area (TPSA) is 90.9 Å². The molecule has 0 aliphatic heterocycles. The third-order valence-corrected chi connectivity index (χ3v) is 3.58. The van der Waals surface area contributed by atoms with Crippen LogP contribution in [0.15, 0.2) is 29.5 Å². The highest BCUT2D eigenvalue weighted by atomic mass is 127. The Morgan fingerprint density at radius 1 is 1.35 bits per heavy atom. The first-order valence-corrected chi connectivity index (χ1v) is 8.25. The van der Waals surface area contributed by atoms with E-state index in [-0.39, 0.29) is 36.3 Å². The fourth-order valence-corrected chi connectivity index (χ4v) is 2.31. The molecule has 0 saturated carbocycles. The van der Waals surface area contributed by atoms with Gasteiger partial charge in [-0.05, 0) is 25.1 Å². The monoisotopic (exact) mass is 471 g/mol. The van der Waals surface area contributed by atoms with Crippen molar-refractivity contribution >= 4 is 29.9 Å². The van der Waals surface area contributed by atoms with Gasteiger partial charge in [-0.15, -0.1) is 34.2 Å². The molecule has 0 fully saturated rings. The molecule has 0 aliphatic rings. The van der Waals surface area contributed by atoms with E-state index in [9.17, 15) is 4.39 Å². The molecular weight excluding hydrogens is 448 g/mol. The van der Waals surface area contributed by atoms with Gasteiger partial charge in [0.2, 0.25) is 0 Å². The Labute approximate surface area is 169 Å². The third-order valence-electron chi connectivity index (χ3n) is 3.58. The molecule has 26 heavy (non-hydrogen) atoms. The van der Waals surface area contributed by atoms with E-state index in [4.69, 9.17) is 5.26 Å². The van der Waals surface area contributed by atoms with Gasteiger partial charge < -0.3 is 15.2 Å². The number of aliphatic imine (C=N–C) groups is 1. The number of halogens is 2. The molecule has 1 aromatic heterocycles. The first kappa shape index (κ1) is 21.8. The smallest absolute Gasteiger partial charge is 0.191 e. The Morgan fingerprint density at radius 3 is 2.85 bits per heavy atom.